The lowest BCUT2D eigenvalue weighted by atomic mass is 10.1. The Morgan fingerprint density at radius 3 is 2.43 bits per heavy atom. The Hall–Kier alpha value is -2.88. The molecule has 4 nitrogen and oxygen atoms in total. The molecule has 1 aromatic heterocycles. The molecule has 3 rings (SSSR count). The fraction of sp³-hybridized carbons (Fsp3) is 0.158. The number of anilines is 1. The van der Waals surface area contributed by atoms with Gasteiger partial charge in [-0.2, -0.15) is 5.10 Å². The highest BCUT2D eigenvalue weighted by atomic mass is 16.2. The van der Waals surface area contributed by atoms with Gasteiger partial charge in [-0.1, -0.05) is 48.0 Å². The van der Waals surface area contributed by atoms with Crippen LogP contribution in [0.4, 0.5) is 5.69 Å². The van der Waals surface area contributed by atoms with E-state index in [0.717, 1.165) is 16.9 Å². The SMILES string of the molecule is CCn1nc(-c2ccc(C)cc2)cc1C(=O)Nc1ccccc1. The zero-order valence-electron chi connectivity index (χ0n) is 13.3. The highest BCUT2D eigenvalue weighted by molar-refractivity contribution is 6.03. The molecular formula is C19H19N3O. The summed E-state index contributed by atoms with van der Waals surface area (Å²) in [5.41, 5.74) is 4.36. The third kappa shape index (κ3) is 3.31. The second kappa shape index (κ2) is 6.48. The summed E-state index contributed by atoms with van der Waals surface area (Å²) in [4.78, 5) is 12.5. The number of hydrogen-bond donors (Lipinski definition) is 1. The van der Waals surface area contributed by atoms with Crippen molar-refractivity contribution >= 4 is 11.6 Å². The normalized spacial score (nSPS) is 10.5. The minimum absolute atomic E-state index is 0.149. The quantitative estimate of drug-likeness (QED) is 0.787. The molecule has 0 atom stereocenters. The first-order chi connectivity index (χ1) is 11.2. The van der Waals surface area contributed by atoms with Crippen LogP contribution < -0.4 is 5.32 Å². The summed E-state index contributed by atoms with van der Waals surface area (Å²) in [6, 6.07) is 19.4. The predicted octanol–water partition coefficient (Wildman–Crippen LogP) is 4.13. The van der Waals surface area contributed by atoms with Gasteiger partial charge in [-0.25, -0.2) is 0 Å². The number of aryl methyl sites for hydroxylation is 2. The zero-order chi connectivity index (χ0) is 16.2. The van der Waals surface area contributed by atoms with E-state index in [1.54, 1.807) is 4.68 Å². The predicted molar refractivity (Wildman–Crippen MR) is 92.5 cm³/mol. The number of nitrogens with one attached hydrogen (secondary N) is 1. The summed E-state index contributed by atoms with van der Waals surface area (Å²) in [6.07, 6.45) is 0. The monoisotopic (exact) mass is 305 g/mol. The van der Waals surface area contributed by atoms with Crippen LogP contribution >= 0.6 is 0 Å². The number of benzene rings is 2. The van der Waals surface area contributed by atoms with Crippen molar-refractivity contribution in [3.8, 4) is 11.3 Å². The molecule has 0 spiro atoms. The second-order valence-corrected chi connectivity index (χ2v) is 5.42. The topological polar surface area (TPSA) is 46.9 Å². The van der Waals surface area contributed by atoms with Crippen molar-refractivity contribution in [2.75, 3.05) is 5.32 Å². The Bertz CT molecular complexity index is 804. The van der Waals surface area contributed by atoms with Crippen LogP contribution in [-0.2, 0) is 6.54 Å². The molecule has 116 valence electrons. The van der Waals surface area contributed by atoms with E-state index >= 15 is 0 Å². The van der Waals surface area contributed by atoms with Gasteiger partial charge < -0.3 is 5.32 Å². The molecule has 0 saturated heterocycles. The van der Waals surface area contributed by atoms with E-state index in [9.17, 15) is 4.79 Å². The van der Waals surface area contributed by atoms with Gasteiger partial charge in [-0.05, 0) is 32.0 Å². The Morgan fingerprint density at radius 1 is 1.09 bits per heavy atom. The number of rotatable bonds is 4. The molecule has 2 aromatic carbocycles. The number of carbonyl (C=O) groups is 1. The van der Waals surface area contributed by atoms with Crippen molar-refractivity contribution in [3.63, 3.8) is 0 Å². The van der Waals surface area contributed by atoms with Gasteiger partial charge in [0, 0.05) is 17.8 Å². The zero-order valence-corrected chi connectivity index (χ0v) is 13.3. The molecule has 1 N–H and O–H groups in total. The molecule has 3 aromatic rings. The van der Waals surface area contributed by atoms with Crippen LogP contribution in [0, 0.1) is 6.92 Å². The minimum Gasteiger partial charge on any atom is -0.321 e. The average Bonchev–Trinajstić information content (AvgIpc) is 3.01. The van der Waals surface area contributed by atoms with Gasteiger partial charge in [0.15, 0.2) is 0 Å². The first-order valence-electron chi connectivity index (χ1n) is 7.68. The molecule has 23 heavy (non-hydrogen) atoms. The lowest BCUT2D eigenvalue weighted by Gasteiger charge is -2.06. The number of para-hydroxylation sites is 1. The Balaban J connectivity index is 1.90. The summed E-state index contributed by atoms with van der Waals surface area (Å²) in [5.74, 6) is -0.149. The van der Waals surface area contributed by atoms with Gasteiger partial charge in [0.2, 0.25) is 0 Å². The maximum absolute atomic E-state index is 12.5. The molecule has 0 saturated carbocycles. The Kier molecular flexibility index (Phi) is 4.24. The fourth-order valence-corrected chi connectivity index (χ4v) is 2.42. The van der Waals surface area contributed by atoms with Crippen LogP contribution in [0.3, 0.4) is 0 Å². The third-order valence-corrected chi connectivity index (χ3v) is 3.69. The minimum atomic E-state index is -0.149. The molecular weight excluding hydrogens is 286 g/mol. The van der Waals surface area contributed by atoms with Crippen LogP contribution in [0.5, 0.6) is 0 Å². The molecule has 0 fully saturated rings. The molecule has 1 heterocycles. The lowest BCUT2D eigenvalue weighted by molar-refractivity contribution is 0.101. The number of nitrogens with zero attached hydrogens (tertiary/aromatic N) is 2. The number of carbonyl (C=O) groups excluding carboxylic acids is 1. The van der Waals surface area contributed by atoms with Crippen molar-refractivity contribution < 1.29 is 4.79 Å². The Labute approximate surface area is 135 Å². The third-order valence-electron chi connectivity index (χ3n) is 3.69. The summed E-state index contributed by atoms with van der Waals surface area (Å²) in [6.45, 7) is 4.67. The van der Waals surface area contributed by atoms with Crippen LogP contribution in [0.1, 0.15) is 23.0 Å². The fourth-order valence-electron chi connectivity index (χ4n) is 2.42. The smallest absolute Gasteiger partial charge is 0.273 e. The molecule has 0 aliphatic rings. The molecule has 1 amide bonds. The van der Waals surface area contributed by atoms with Crippen LogP contribution in [0.25, 0.3) is 11.3 Å². The first kappa shape index (κ1) is 15.0. The van der Waals surface area contributed by atoms with Gasteiger partial charge in [0.05, 0.1) is 5.69 Å². The molecule has 0 aliphatic heterocycles. The van der Waals surface area contributed by atoms with Crippen LogP contribution in [-0.4, -0.2) is 15.7 Å². The summed E-state index contributed by atoms with van der Waals surface area (Å²) in [5, 5.41) is 7.45. The Morgan fingerprint density at radius 2 is 1.78 bits per heavy atom. The first-order valence-corrected chi connectivity index (χ1v) is 7.68. The van der Waals surface area contributed by atoms with E-state index < -0.39 is 0 Å². The van der Waals surface area contributed by atoms with Gasteiger partial charge in [0.25, 0.3) is 5.91 Å². The number of aromatic nitrogens is 2. The average molecular weight is 305 g/mol. The molecule has 0 unspecified atom stereocenters. The van der Waals surface area contributed by atoms with Gasteiger partial charge in [-0.3, -0.25) is 9.48 Å². The van der Waals surface area contributed by atoms with Crippen molar-refractivity contribution in [3.05, 3.63) is 71.9 Å². The number of amides is 1. The molecule has 0 bridgehead atoms. The molecule has 4 heteroatoms. The van der Waals surface area contributed by atoms with E-state index in [4.69, 9.17) is 0 Å². The van der Waals surface area contributed by atoms with E-state index in [0.29, 0.717) is 12.2 Å². The van der Waals surface area contributed by atoms with Crippen molar-refractivity contribution in [2.24, 2.45) is 0 Å². The van der Waals surface area contributed by atoms with Crippen molar-refractivity contribution in [1.29, 1.82) is 0 Å². The van der Waals surface area contributed by atoms with Gasteiger partial charge >= 0.3 is 0 Å². The summed E-state index contributed by atoms with van der Waals surface area (Å²) < 4.78 is 1.73. The highest BCUT2D eigenvalue weighted by Gasteiger charge is 2.15. The summed E-state index contributed by atoms with van der Waals surface area (Å²) >= 11 is 0. The van der Waals surface area contributed by atoms with Gasteiger partial charge in [-0.15, -0.1) is 0 Å². The molecule has 0 radical (unpaired) electrons. The van der Waals surface area contributed by atoms with E-state index in [-0.39, 0.29) is 5.91 Å². The maximum Gasteiger partial charge on any atom is 0.273 e. The van der Waals surface area contributed by atoms with Gasteiger partial charge in [0.1, 0.15) is 5.69 Å². The lowest BCUT2D eigenvalue weighted by Crippen LogP contribution is -2.17. The number of hydrogen-bond acceptors (Lipinski definition) is 2. The van der Waals surface area contributed by atoms with E-state index in [1.165, 1.54) is 5.56 Å². The standard InChI is InChI=1S/C19H19N3O/c1-3-22-18(19(23)20-16-7-5-4-6-8-16)13-17(21-22)15-11-9-14(2)10-12-15/h4-13H,3H2,1-2H3,(H,20,23). The van der Waals surface area contributed by atoms with Crippen LogP contribution in [0.2, 0.25) is 0 Å². The van der Waals surface area contributed by atoms with E-state index in [1.807, 2.05) is 74.5 Å². The second-order valence-electron chi connectivity index (χ2n) is 5.42. The largest absolute Gasteiger partial charge is 0.321 e. The van der Waals surface area contributed by atoms with Crippen molar-refractivity contribution in [2.45, 2.75) is 20.4 Å². The van der Waals surface area contributed by atoms with Crippen molar-refractivity contribution in [1.82, 2.24) is 9.78 Å². The maximum atomic E-state index is 12.5. The van der Waals surface area contributed by atoms with E-state index in [2.05, 4.69) is 10.4 Å². The highest BCUT2D eigenvalue weighted by Crippen LogP contribution is 2.20. The summed E-state index contributed by atoms with van der Waals surface area (Å²) in [7, 11) is 0. The van der Waals surface area contributed by atoms with Crippen LogP contribution in [0.15, 0.2) is 60.7 Å². The molecule has 0 aliphatic carbocycles.